The molecule has 0 radical (unpaired) electrons. The van der Waals surface area contributed by atoms with E-state index in [-0.39, 0.29) is 22.4 Å². The van der Waals surface area contributed by atoms with Gasteiger partial charge >= 0.3 is 0 Å². The molecule has 0 bridgehead atoms. The summed E-state index contributed by atoms with van der Waals surface area (Å²) < 4.78 is 29.2. The Kier molecular flexibility index (Phi) is 5.66. The summed E-state index contributed by atoms with van der Waals surface area (Å²) in [5.41, 5.74) is 5.61. The fourth-order valence-electron chi connectivity index (χ4n) is 2.75. The van der Waals surface area contributed by atoms with Gasteiger partial charge < -0.3 is 16.2 Å². The summed E-state index contributed by atoms with van der Waals surface area (Å²) in [4.78, 5) is 20.2. The minimum atomic E-state index is -0.780. The van der Waals surface area contributed by atoms with Crippen molar-refractivity contribution >= 4 is 28.1 Å². The van der Waals surface area contributed by atoms with Gasteiger partial charge in [-0.1, -0.05) is 0 Å². The van der Waals surface area contributed by atoms with Gasteiger partial charge in [-0.25, -0.2) is 18.7 Å². The number of nitrogens with one attached hydrogen (secondary N) is 1. The van der Waals surface area contributed by atoms with Crippen molar-refractivity contribution in [3.63, 3.8) is 0 Å². The number of aromatic nitrogens is 2. The molecule has 28 heavy (non-hydrogen) atoms. The highest BCUT2D eigenvalue weighted by molar-refractivity contribution is 7.20. The number of halogens is 2. The number of rotatable bonds is 6. The van der Waals surface area contributed by atoms with E-state index >= 15 is 0 Å². The number of hydrogen-bond donors (Lipinski definition) is 3. The molecule has 146 valence electrons. The molecule has 9 heteroatoms. The Labute approximate surface area is 164 Å². The van der Waals surface area contributed by atoms with Crippen LogP contribution < -0.4 is 11.1 Å². The van der Waals surface area contributed by atoms with Gasteiger partial charge in [0.25, 0.3) is 5.91 Å². The van der Waals surface area contributed by atoms with Crippen molar-refractivity contribution in [2.24, 2.45) is 5.73 Å². The second-order valence-corrected chi connectivity index (χ2v) is 7.37. The molecule has 0 saturated carbocycles. The maximum atomic E-state index is 14.6. The summed E-state index contributed by atoms with van der Waals surface area (Å²) in [5, 5.41) is 12.7. The number of aryl methyl sites for hydroxylation is 1. The van der Waals surface area contributed by atoms with E-state index in [1.54, 1.807) is 19.2 Å². The van der Waals surface area contributed by atoms with Gasteiger partial charge in [-0.15, -0.1) is 11.3 Å². The van der Waals surface area contributed by atoms with E-state index in [1.807, 2.05) is 0 Å². The van der Waals surface area contributed by atoms with Crippen molar-refractivity contribution in [1.29, 1.82) is 0 Å². The largest absolute Gasteiger partial charge is 0.393 e. The fourth-order valence-corrected chi connectivity index (χ4v) is 3.87. The summed E-state index contributed by atoms with van der Waals surface area (Å²) in [6.07, 6.45) is 0.953. The summed E-state index contributed by atoms with van der Waals surface area (Å²) >= 11 is 0.988. The summed E-state index contributed by atoms with van der Waals surface area (Å²) in [5.74, 6) is -1.35. The number of thiophene rings is 1. The predicted octanol–water partition coefficient (Wildman–Crippen LogP) is 3.56. The smallest absolute Gasteiger partial charge is 0.251 e. The Morgan fingerprint density at radius 1 is 1.32 bits per heavy atom. The van der Waals surface area contributed by atoms with E-state index in [0.29, 0.717) is 22.2 Å². The zero-order chi connectivity index (χ0) is 20.4. The molecule has 6 nitrogen and oxygen atoms in total. The first-order valence-corrected chi connectivity index (χ1v) is 9.23. The van der Waals surface area contributed by atoms with Crippen LogP contribution in [0.1, 0.15) is 28.7 Å². The van der Waals surface area contributed by atoms with Crippen LogP contribution in [0.15, 0.2) is 30.5 Å². The molecule has 1 atom stereocenters. The van der Waals surface area contributed by atoms with Crippen LogP contribution >= 0.6 is 11.3 Å². The average molecular weight is 404 g/mol. The number of aliphatic hydroxyl groups is 1. The summed E-state index contributed by atoms with van der Waals surface area (Å²) in [6, 6.07) is 5.30. The maximum absolute atomic E-state index is 14.6. The molecule has 0 fully saturated rings. The van der Waals surface area contributed by atoms with E-state index in [0.717, 1.165) is 11.3 Å². The van der Waals surface area contributed by atoms with Gasteiger partial charge in [0.05, 0.1) is 17.2 Å². The Bertz CT molecular complexity index is 1010. The van der Waals surface area contributed by atoms with Gasteiger partial charge in [-0.05, 0) is 50.1 Å². The Hall–Kier alpha value is -2.91. The minimum Gasteiger partial charge on any atom is -0.393 e. The molecule has 3 aromatic rings. The third-order valence-corrected chi connectivity index (χ3v) is 4.96. The fraction of sp³-hybridized carbons (Fsp3) is 0.211. The summed E-state index contributed by atoms with van der Waals surface area (Å²) in [6.45, 7) is 3.24. The molecular weight excluding hydrogens is 386 g/mol. The summed E-state index contributed by atoms with van der Waals surface area (Å²) in [7, 11) is 0. The average Bonchev–Trinajstić information content (AvgIpc) is 2.97. The van der Waals surface area contributed by atoms with Crippen molar-refractivity contribution in [2.45, 2.75) is 26.4 Å². The van der Waals surface area contributed by atoms with E-state index in [1.165, 1.54) is 25.1 Å². The van der Waals surface area contributed by atoms with Crippen LogP contribution in [0.25, 0.3) is 10.4 Å². The number of hydrogen-bond acceptors (Lipinski definition) is 6. The number of primary amides is 1. The highest BCUT2D eigenvalue weighted by Crippen LogP contribution is 2.39. The van der Waals surface area contributed by atoms with E-state index < -0.39 is 23.6 Å². The van der Waals surface area contributed by atoms with E-state index in [9.17, 15) is 18.7 Å². The number of carbonyl (C=O) groups is 1. The van der Waals surface area contributed by atoms with Gasteiger partial charge in [-0.3, -0.25) is 4.79 Å². The number of anilines is 2. The molecule has 2 aromatic heterocycles. The Morgan fingerprint density at radius 3 is 2.57 bits per heavy atom. The molecule has 0 spiro atoms. The highest BCUT2D eigenvalue weighted by atomic mass is 32.1. The first-order valence-electron chi connectivity index (χ1n) is 8.41. The van der Waals surface area contributed by atoms with Gasteiger partial charge in [-0.2, -0.15) is 0 Å². The number of benzene rings is 1. The molecule has 0 aliphatic carbocycles. The van der Waals surface area contributed by atoms with Gasteiger partial charge in [0.2, 0.25) is 0 Å². The number of aliphatic hydroxyl groups excluding tert-OH is 1. The van der Waals surface area contributed by atoms with Crippen LogP contribution in [-0.4, -0.2) is 27.1 Å². The van der Waals surface area contributed by atoms with Gasteiger partial charge in [0, 0.05) is 11.1 Å². The molecule has 1 aromatic carbocycles. The number of nitrogens with two attached hydrogens (primary N) is 1. The topological polar surface area (TPSA) is 101 Å². The van der Waals surface area contributed by atoms with Crippen LogP contribution in [0.4, 0.5) is 19.6 Å². The maximum Gasteiger partial charge on any atom is 0.251 e. The third kappa shape index (κ3) is 4.32. The molecule has 2 heterocycles. The highest BCUT2D eigenvalue weighted by Gasteiger charge is 2.21. The van der Waals surface area contributed by atoms with E-state index in [2.05, 4.69) is 15.3 Å². The zero-order valence-corrected chi connectivity index (χ0v) is 16.0. The third-order valence-electron chi connectivity index (χ3n) is 3.89. The molecule has 1 unspecified atom stereocenters. The van der Waals surface area contributed by atoms with Crippen LogP contribution in [-0.2, 0) is 6.42 Å². The molecule has 4 N–H and O–H groups in total. The standard InChI is InChI=1S/C19H18F2N4O2S/c1-9(26)5-11-6-13(20)17(14(21)7-11)15-8-12(18(22)27)19(28-15)25-16-3-4-23-10(2)24-16/h3-4,6-9,26H,5H2,1-2H3,(H2,22,27)(H,23,24,25). The molecule has 0 aliphatic rings. The first kappa shape index (κ1) is 19.8. The van der Waals surface area contributed by atoms with Crippen LogP contribution in [0.5, 0.6) is 0 Å². The lowest BCUT2D eigenvalue weighted by Crippen LogP contribution is -2.11. The number of carbonyl (C=O) groups excluding carboxylic acids is 1. The van der Waals surface area contributed by atoms with Crippen LogP contribution in [0.2, 0.25) is 0 Å². The van der Waals surface area contributed by atoms with Crippen molar-refractivity contribution in [3.8, 4) is 10.4 Å². The monoisotopic (exact) mass is 404 g/mol. The number of amides is 1. The van der Waals surface area contributed by atoms with Crippen LogP contribution in [0, 0.1) is 18.6 Å². The zero-order valence-electron chi connectivity index (χ0n) is 15.2. The van der Waals surface area contributed by atoms with Gasteiger partial charge in [0.15, 0.2) is 0 Å². The molecular formula is C19H18F2N4O2S. The molecule has 0 saturated heterocycles. The molecule has 0 aliphatic heterocycles. The van der Waals surface area contributed by atoms with Gasteiger partial charge in [0.1, 0.15) is 28.3 Å². The minimum absolute atomic E-state index is 0.100. The molecule has 3 rings (SSSR count). The second kappa shape index (κ2) is 7.99. The first-order chi connectivity index (χ1) is 13.2. The Balaban J connectivity index is 2.03. The normalized spacial score (nSPS) is 12.0. The second-order valence-electron chi connectivity index (χ2n) is 6.32. The van der Waals surface area contributed by atoms with Crippen molar-refractivity contribution in [1.82, 2.24) is 9.97 Å². The quantitative estimate of drug-likeness (QED) is 0.583. The van der Waals surface area contributed by atoms with E-state index in [4.69, 9.17) is 5.73 Å². The van der Waals surface area contributed by atoms with Crippen molar-refractivity contribution < 1.29 is 18.7 Å². The predicted molar refractivity (Wildman–Crippen MR) is 104 cm³/mol. The van der Waals surface area contributed by atoms with Crippen molar-refractivity contribution in [3.05, 3.63) is 59.0 Å². The molecule has 1 amide bonds. The van der Waals surface area contributed by atoms with Crippen molar-refractivity contribution in [2.75, 3.05) is 5.32 Å². The lowest BCUT2D eigenvalue weighted by Gasteiger charge is -2.08. The SMILES string of the molecule is Cc1nccc(Nc2sc(-c3c(F)cc(CC(C)O)cc3F)cc2C(N)=O)n1. The number of nitrogens with zero attached hydrogens (tertiary/aromatic N) is 2. The lowest BCUT2D eigenvalue weighted by molar-refractivity contribution is 0.100. The lowest BCUT2D eigenvalue weighted by atomic mass is 10.0. The Morgan fingerprint density at radius 2 is 2.00 bits per heavy atom. The van der Waals surface area contributed by atoms with Crippen LogP contribution in [0.3, 0.4) is 0 Å².